The van der Waals surface area contributed by atoms with Crippen LogP contribution < -0.4 is 16.2 Å². The highest BCUT2D eigenvalue weighted by Crippen LogP contribution is 2.29. The molecule has 1 aromatic rings. The summed E-state index contributed by atoms with van der Waals surface area (Å²) in [6.07, 6.45) is 2.34. The summed E-state index contributed by atoms with van der Waals surface area (Å²) < 4.78 is 5.48. The van der Waals surface area contributed by atoms with Crippen LogP contribution in [0, 0.1) is 0 Å². The first-order valence-electron chi connectivity index (χ1n) is 7.17. The van der Waals surface area contributed by atoms with Crippen LogP contribution in [0.1, 0.15) is 36.5 Å². The van der Waals surface area contributed by atoms with Crippen LogP contribution in [0.5, 0.6) is 5.75 Å². The van der Waals surface area contributed by atoms with Crippen molar-refractivity contribution >= 4 is 17.5 Å². The van der Waals surface area contributed by atoms with Crippen LogP contribution in [-0.2, 0) is 4.79 Å². The van der Waals surface area contributed by atoms with Gasteiger partial charge in [-0.25, -0.2) is 0 Å². The number of nitrogens with two attached hydrogens (primary N) is 2. The number of rotatable bonds is 4. The molecule has 1 aromatic carbocycles. The van der Waals surface area contributed by atoms with E-state index in [1.807, 2.05) is 6.92 Å². The van der Waals surface area contributed by atoms with E-state index in [0.717, 1.165) is 12.8 Å². The maximum absolute atomic E-state index is 12.8. The van der Waals surface area contributed by atoms with Gasteiger partial charge >= 0.3 is 0 Å². The number of anilines is 1. The van der Waals surface area contributed by atoms with E-state index in [1.54, 1.807) is 18.2 Å². The third kappa shape index (κ3) is 3.09. The van der Waals surface area contributed by atoms with Crippen molar-refractivity contribution in [1.82, 2.24) is 4.90 Å². The number of likely N-dealkylation sites (tertiary alicyclic amines) is 1. The molecule has 1 fully saturated rings. The van der Waals surface area contributed by atoms with Gasteiger partial charge in [0.15, 0.2) is 0 Å². The van der Waals surface area contributed by atoms with Crippen molar-refractivity contribution in [2.75, 3.05) is 18.9 Å². The first-order valence-corrected chi connectivity index (χ1v) is 7.17. The van der Waals surface area contributed by atoms with Gasteiger partial charge in [0.2, 0.25) is 5.91 Å². The Balaban J connectivity index is 2.36. The lowest BCUT2D eigenvalue weighted by atomic mass is 9.99. The molecule has 1 heterocycles. The largest absolute Gasteiger partial charge is 0.493 e. The molecular weight excluding hydrogens is 270 g/mol. The quantitative estimate of drug-likeness (QED) is 0.813. The van der Waals surface area contributed by atoms with Gasteiger partial charge in [-0.05, 0) is 38.3 Å². The van der Waals surface area contributed by atoms with E-state index in [4.69, 9.17) is 16.2 Å². The third-order valence-electron chi connectivity index (χ3n) is 3.66. The van der Waals surface area contributed by atoms with Crippen molar-refractivity contribution in [2.24, 2.45) is 5.73 Å². The zero-order chi connectivity index (χ0) is 15.4. The number of nitrogen functional groups attached to an aromatic ring is 1. The highest BCUT2D eigenvalue weighted by Gasteiger charge is 2.33. The molecule has 0 spiro atoms. The lowest BCUT2D eigenvalue weighted by Crippen LogP contribution is -2.50. The maximum atomic E-state index is 12.8. The fourth-order valence-corrected chi connectivity index (χ4v) is 2.67. The monoisotopic (exact) mass is 291 g/mol. The Kier molecular flexibility index (Phi) is 4.67. The minimum atomic E-state index is -0.569. The van der Waals surface area contributed by atoms with Crippen molar-refractivity contribution in [1.29, 1.82) is 0 Å². The van der Waals surface area contributed by atoms with Gasteiger partial charge in [0.25, 0.3) is 5.91 Å². The summed E-state index contributed by atoms with van der Waals surface area (Å²) in [7, 11) is 0. The van der Waals surface area contributed by atoms with Gasteiger partial charge in [-0.2, -0.15) is 0 Å². The van der Waals surface area contributed by atoms with Crippen LogP contribution in [0.3, 0.4) is 0 Å². The third-order valence-corrected chi connectivity index (χ3v) is 3.66. The Hall–Kier alpha value is -2.24. The van der Waals surface area contributed by atoms with Gasteiger partial charge in [0.1, 0.15) is 17.4 Å². The Morgan fingerprint density at radius 1 is 1.38 bits per heavy atom. The number of carbonyl (C=O) groups is 2. The zero-order valence-corrected chi connectivity index (χ0v) is 12.2. The Morgan fingerprint density at radius 2 is 2.14 bits per heavy atom. The molecule has 21 heavy (non-hydrogen) atoms. The molecule has 1 saturated heterocycles. The first kappa shape index (κ1) is 15.2. The topological polar surface area (TPSA) is 98.7 Å². The second kappa shape index (κ2) is 6.47. The molecule has 4 N–H and O–H groups in total. The standard InChI is InChI=1S/C15H21N3O3/c1-2-21-12-8-5-6-10(16)13(12)15(20)18-9-4-3-7-11(18)14(17)19/h5-6,8,11H,2-4,7,9,16H2,1H3,(H2,17,19). The van der Waals surface area contributed by atoms with E-state index < -0.39 is 11.9 Å². The number of amides is 2. The molecule has 6 heteroatoms. The number of ether oxygens (including phenoxy) is 1. The Bertz CT molecular complexity index is 545. The number of hydrogen-bond donors (Lipinski definition) is 2. The van der Waals surface area contributed by atoms with Gasteiger partial charge in [-0.15, -0.1) is 0 Å². The lowest BCUT2D eigenvalue weighted by Gasteiger charge is -2.34. The van der Waals surface area contributed by atoms with Crippen LogP contribution in [0.25, 0.3) is 0 Å². The van der Waals surface area contributed by atoms with Crippen LogP contribution in [0.2, 0.25) is 0 Å². The molecule has 0 radical (unpaired) electrons. The summed E-state index contributed by atoms with van der Waals surface area (Å²) in [6.45, 7) is 2.78. The molecule has 1 aliphatic rings. The van der Waals surface area contributed by atoms with Gasteiger partial charge < -0.3 is 21.1 Å². The number of carbonyl (C=O) groups excluding carboxylic acids is 2. The molecule has 2 rings (SSSR count). The minimum Gasteiger partial charge on any atom is -0.493 e. The highest BCUT2D eigenvalue weighted by molar-refractivity contribution is 6.03. The van der Waals surface area contributed by atoms with Gasteiger partial charge in [-0.1, -0.05) is 6.07 Å². The van der Waals surface area contributed by atoms with E-state index in [1.165, 1.54) is 4.90 Å². The number of hydrogen-bond acceptors (Lipinski definition) is 4. The second-order valence-corrected chi connectivity index (χ2v) is 5.07. The molecule has 1 unspecified atom stereocenters. The summed E-state index contributed by atoms with van der Waals surface area (Å²) in [5.74, 6) is -0.327. The van der Waals surface area contributed by atoms with Crippen LogP contribution in [0.15, 0.2) is 18.2 Å². The molecule has 0 aliphatic carbocycles. The lowest BCUT2D eigenvalue weighted by molar-refractivity contribution is -0.123. The van der Waals surface area contributed by atoms with Crippen molar-refractivity contribution in [3.05, 3.63) is 23.8 Å². The summed E-state index contributed by atoms with van der Waals surface area (Å²) in [5.41, 5.74) is 12.0. The predicted octanol–water partition coefficient (Wildman–Crippen LogP) is 1.15. The summed E-state index contributed by atoms with van der Waals surface area (Å²) >= 11 is 0. The van der Waals surface area contributed by atoms with Crippen LogP contribution in [0.4, 0.5) is 5.69 Å². The molecule has 0 aromatic heterocycles. The van der Waals surface area contributed by atoms with Crippen molar-refractivity contribution in [2.45, 2.75) is 32.2 Å². The molecule has 0 saturated carbocycles. The van der Waals surface area contributed by atoms with Crippen molar-refractivity contribution < 1.29 is 14.3 Å². The zero-order valence-electron chi connectivity index (χ0n) is 12.2. The van der Waals surface area contributed by atoms with Crippen molar-refractivity contribution in [3.8, 4) is 5.75 Å². The van der Waals surface area contributed by atoms with E-state index in [0.29, 0.717) is 36.6 Å². The molecule has 6 nitrogen and oxygen atoms in total. The van der Waals surface area contributed by atoms with Crippen molar-refractivity contribution in [3.63, 3.8) is 0 Å². The van der Waals surface area contributed by atoms with Gasteiger partial charge in [0, 0.05) is 12.2 Å². The summed E-state index contributed by atoms with van der Waals surface area (Å²) in [4.78, 5) is 25.9. The summed E-state index contributed by atoms with van der Waals surface area (Å²) in [5, 5.41) is 0. The van der Waals surface area contributed by atoms with Gasteiger partial charge in [0.05, 0.1) is 6.61 Å². The average Bonchev–Trinajstić information content (AvgIpc) is 2.47. The smallest absolute Gasteiger partial charge is 0.260 e. The molecule has 0 bridgehead atoms. The minimum absolute atomic E-state index is 0.292. The molecule has 1 aliphatic heterocycles. The van der Waals surface area contributed by atoms with E-state index >= 15 is 0 Å². The van der Waals surface area contributed by atoms with Gasteiger partial charge in [-0.3, -0.25) is 9.59 Å². The normalized spacial score (nSPS) is 18.3. The molecule has 1 atom stereocenters. The number of nitrogens with zero attached hydrogens (tertiary/aromatic N) is 1. The first-order chi connectivity index (χ1) is 10.1. The predicted molar refractivity (Wildman–Crippen MR) is 79.9 cm³/mol. The van der Waals surface area contributed by atoms with Crippen LogP contribution >= 0.6 is 0 Å². The van der Waals surface area contributed by atoms with E-state index in [2.05, 4.69) is 0 Å². The van der Waals surface area contributed by atoms with Crippen LogP contribution in [-0.4, -0.2) is 35.9 Å². The van der Waals surface area contributed by atoms with E-state index in [-0.39, 0.29) is 5.91 Å². The molecular formula is C15H21N3O3. The Labute approximate surface area is 124 Å². The number of benzene rings is 1. The summed E-state index contributed by atoms with van der Waals surface area (Å²) in [6, 6.07) is 4.52. The fourth-order valence-electron chi connectivity index (χ4n) is 2.67. The fraction of sp³-hybridized carbons (Fsp3) is 0.467. The molecule has 2 amide bonds. The number of primary amides is 1. The number of piperidine rings is 1. The average molecular weight is 291 g/mol. The highest BCUT2D eigenvalue weighted by atomic mass is 16.5. The maximum Gasteiger partial charge on any atom is 0.260 e. The molecule has 114 valence electrons. The SMILES string of the molecule is CCOc1cccc(N)c1C(=O)N1CCCCC1C(N)=O. The second-order valence-electron chi connectivity index (χ2n) is 5.07. The van der Waals surface area contributed by atoms with E-state index in [9.17, 15) is 9.59 Å². The Morgan fingerprint density at radius 3 is 2.81 bits per heavy atom.